The van der Waals surface area contributed by atoms with Crippen LogP contribution in [0.2, 0.25) is 0 Å². The third-order valence-corrected chi connectivity index (χ3v) is 6.37. The molecule has 0 atom stereocenters. The maximum absolute atomic E-state index is 12.8. The molecule has 0 heterocycles. The van der Waals surface area contributed by atoms with Crippen molar-refractivity contribution < 1.29 is 21.8 Å². The van der Waals surface area contributed by atoms with Crippen molar-refractivity contribution in [3.8, 4) is 0 Å². The van der Waals surface area contributed by atoms with Crippen molar-refractivity contribution in [2.45, 2.75) is 36.5 Å². The number of nitrogens with one attached hydrogen (secondary N) is 2. The van der Waals surface area contributed by atoms with Gasteiger partial charge in [0.15, 0.2) is 0 Å². The van der Waals surface area contributed by atoms with E-state index in [1.807, 2.05) is 6.92 Å². The van der Waals surface area contributed by atoms with Crippen LogP contribution in [0.4, 0.5) is 17.1 Å². The van der Waals surface area contributed by atoms with Crippen molar-refractivity contribution in [1.82, 2.24) is 0 Å². The SMILES string of the molecule is CCCCNc1ccc(S(N)(=O)=O)cc1NS(=O)(=O)c1ccc(C)c([N+](=O)[O-])c1. The van der Waals surface area contributed by atoms with Gasteiger partial charge >= 0.3 is 0 Å². The van der Waals surface area contributed by atoms with Gasteiger partial charge in [0.05, 0.1) is 26.1 Å². The molecule has 0 aromatic heterocycles. The maximum atomic E-state index is 12.8. The number of aryl methyl sites for hydroxylation is 1. The molecular weight excluding hydrogens is 420 g/mol. The summed E-state index contributed by atoms with van der Waals surface area (Å²) in [5.41, 5.74) is 0.298. The minimum absolute atomic E-state index is 0.0316. The highest BCUT2D eigenvalue weighted by atomic mass is 32.2. The first-order chi connectivity index (χ1) is 13.5. The van der Waals surface area contributed by atoms with Gasteiger partial charge in [-0.3, -0.25) is 14.8 Å². The molecular formula is C17H22N4O6S2. The van der Waals surface area contributed by atoms with E-state index in [1.54, 1.807) is 0 Å². The summed E-state index contributed by atoms with van der Waals surface area (Å²) in [7, 11) is -8.29. The number of nitrogens with two attached hydrogens (primary N) is 1. The van der Waals surface area contributed by atoms with Crippen LogP contribution in [0.25, 0.3) is 0 Å². The van der Waals surface area contributed by atoms with Gasteiger partial charge < -0.3 is 5.32 Å². The van der Waals surface area contributed by atoms with Crippen molar-refractivity contribution in [2.75, 3.05) is 16.6 Å². The molecule has 2 aromatic carbocycles. The second kappa shape index (κ2) is 8.76. The van der Waals surface area contributed by atoms with Gasteiger partial charge in [-0.2, -0.15) is 0 Å². The summed E-state index contributed by atoms with van der Waals surface area (Å²) < 4.78 is 51.2. The molecule has 2 rings (SSSR count). The minimum atomic E-state index is -4.23. The summed E-state index contributed by atoms with van der Waals surface area (Å²) >= 11 is 0. The Hall–Kier alpha value is -2.70. The number of unbranched alkanes of at least 4 members (excludes halogenated alkanes) is 1. The third kappa shape index (κ3) is 5.65. The van der Waals surface area contributed by atoms with E-state index >= 15 is 0 Å². The lowest BCUT2D eigenvalue weighted by Crippen LogP contribution is -2.17. The zero-order valence-corrected chi connectivity index (χ0v) is 17.5. The van der Waals surface area contributed by atoms with Crippen LogP contribution in [0, 0.1) is 17.0 Å². The van der Waals surface area contributed by atoms with Crippen molar-refractivity contribution in [3.63, 3.8) is 0 Å². The summed E-state index contributed by atoms with van der Waals surface area (Å²) in [6, 6.07) is 7.28. The molecule has 2 aromatic rings. The quantitative estimate of drug-likeness (QED) is 0.305. The average molecular weight is 443 g/mol. The number of rotatable bonds is 9. The van der Waals surface area contributed by atoms with Crippen LogP contribution in [-0.2, 0) is 20.0 Å². The fourth-order valence-corrected chi connectivity index (χ4v) is 4.13. The first-order valence-corrected chi connectivity index (χ1v) is 11.7. The van der Waals surface area contributed by atoms with Gasteiger partial charge in [-0.1, -0.05) is 19.4 Å². The number of primary sulfonamides is 1. The Morgan fingerprint density at radius 1 is 1.03 bits per heavy atom. The van der Waals surface area contributed by atoms with E-state index in [2.05, 4.69) is 10.0 Å². The summed E-state index contributed by atoms with van der Waals surface area (Å²) in [6.07, 6.45) is 1.71. The van der Waals surface area contributed by atoms with E-state index in [9.17, 15) is 26.9 Å². The molecule has 0 unspecified atom stereocenters. The average Bonchev–Trinajstić information content (AvgIpc) is 2.61. The predicted molar refractivity (Wildman–Crippen MR) is 110 cm³/mol. The molecule has 0 saturated heterocycles. The van der Waals surface area contributed by atoms with E-state index in [-0.39, 0.29) is 21.2 Å². The molecule has 0 aliphatic heterocycles. The molecule has 29 heavy (non-hydrogen) atoms. The molecule has 0 aliphatic carbocycles. The second-order valence-electron chi connectivity index (χ2n) is 6.34. The second-order valence-corrected chi connectivity index (χ2v) is 9.59. The first-order valence-electron chi connectivity index (χ1n) is 8.64. The number of hydrogen-bond acceptors (Lipinski definition) is 7. The lowest BCUT2D eigenvalue weighted by atomic mass is 10.2. The van der Waals surface area contributed by atoms with Crippen LogP contribution in [0.3, 0.4) is 0 Å². The largest absolute Gasteiger partial charge is 0.383 e. The molecule has 0 radical (unpaired) electrons. The van der Waals surface area contributed by atoms with E-state index in [0.717, 1.165) is 25.0 Å². The minimum Gasteiger partial charge on any atom is -0.383 e. The van der Waals surface area contributed by atoms with Gasteiger partial charge in [0.1, 0.15) is 0 Å². The maximum Gasteiger partial charge on any atom is 0.273 e. The van der Waals surface area contributed by atoms with E-state index in [0.29, 0.717) is 17.8 Å². The number of benzene rings is 2. The molecule has 0 aliphatic rings. The van der Waals surface area contributed by atoms with Crippen molar-refractivity contribution in [2.24, 2.45) is 5.14 Å². The van der Waals surface area contributed by atoms with Crippen LogP contribution < -0.4 is 15.2 Å². The Morgan fingerprint density at radius 3 is 2.28 bits per heavy atom. The van der Waals surface area contributed by atoms with Gasteiger partial charge in [0.2, 0.25) is 10.0 Å². The van der Waals surface area contributed by atoms with Crippen LogP contribution >= 0.6 is 0 Å². The topological polar surface area (TPSA) is 162 Å². The predicted octanol–water partition coefficient (Wildman–Crippen LogP) is 2.56. The molecule has 158 valence electrons. The summed E-state index contributed by atoms with van der Waals surface area (Å²) in [5.74, 6) is 0. The number of anilines is 2. The van der Waals surface area contributed by atoms with Crippen LogP contribution in [0.1, 0.15) is 25.3 Å². The molecule has 0 spiro atoms. The van der Waals surface area contributed by atoms with Crippen molar-refractivity contribution in [3.05, 3.63) is 52.1 Å². The summed E-state index contributed by atoms with van der Waals surface area (Å²) in [4.78, 5) is 9.85. The van der Waals surface area contributed by atoms with Gasteiger partial charge in [-0.25, -0.2) is 22.0 Å². The highest BCUT2D eigenvalue weighted by Gasteiger charge is 2.22. The number of nitro groups is 1. The van der Waals surface area contributed by atoms with Crippen LogP contribution in [-0.4, -0.2) is 28.3 Å². The lowest BCUT2D eigenvalue weighted by Gasteiger charge is -2.15. The summed E-state index contributed by atoms with van der Waals surface area (Å²) in [5, 5.41) is 19.3. The fraction of sp³-hybridized carbons (Fsp3) is 0.294. The molecule has 0 saturated carbocycles. The standard InChI is InChI=1S/C17H22N4O6S2/c1-3-4-9-19-15-8-7-13(28(18,24)25)10-16(15)20-29(26,27)14-6-5-12(2)17(11-14)21(22)23/h5-8,10-11,19-20H,3-4,9H2,1-2H3,(H2,18,24,25). The third-order valence-electron chi connectivity index (χ3n) is 4.10. The Labute approximate surface area is 169 Å². The molecule has 10 nitrogen and oxygen atoms in total. The molecule has 0 fully saturated rings. The lowest BCUT2D eigenvalue weighted by molar-refractivity contribution is -0.385. The Morgan fingerprint density at radius 2 is 1.69 bits per heavy atom. The van der Waals surface area contributed by atoms with Gasteiger partial charge in [-0.15, -0.1) is 0 Å². The zero-order chi connectivity index (χ0) is 21.8. The van der Waals surface area contributed by atoms with Crippen LogP contribution in [0.5, 0.6) is 0 Å². The van der Waals surface area contributed by atoms with Crippen LogP contribution in [0.15, 0.2) is 46.2 Å². The number of hydrogen-bond donors (Lipinski definition) is 3. The van der Waals surface area contributed by atoms with E-state index < -0.39 is 25.0 Å². The molecule has 0 bridgehead atoms. The Bertz CT molecular complexity index is 1130. The fourth-order valence-electron chi connectivity index (χ4n) is 2.50. The van der Waals surface area contributed by atoms with Gasteiger partial charge in [0.25, 0.3) is 15.7 Å². The van der Waals surface area contributed by atoms with E-state index in [4.69, 9.17) is 5.14 Å². The van der Waals surface area contributed by atoms with E-state index in [1.165, 1.54) is 31.2 Å². The molecule has 0 amide bonds. The Balaban J connectivity index is 2.49. The summed E-state index contributed by atoms with van der Waals surface area (Å²) in [6.45, 7) is 4.02. The monoisotopic (exact) mass is 442 g/mol. The number of nitro benzene ring substituents is 1. The van der Waals surface area contributed by atoms with Crippen molar-refractivity contribution in [1.29, 1.82) is 0 Å². The molecule has 4 N–H and O–H groups in total. The normalized spacial score (nSPS) is 11.8. The Kier molecular flexibility index (Phi) is 6.82. The smallest absolute Gasteiger partial charge is 0.273 e. The highest BCUT2D eigenvalue weighted by Crippen LogP contribution is 2.29. The first kappa shape index (κ1) is 22.6. The number of nitrogens with zero attached hydrogens (tertiary/aromatic N) is 1. The zero-order valence-electron chi connectivity index (χ0n) is 15.9. The highest BCUT2D eigenvalue weighted by molar-refractivity contribution is 7.92. The van der Waals surface area contributed by atoms with Crippen molar-refractivity contribution >= 4 is 37.1 Å². The molecule has 12 heteroatoms. The van der Waals surface area contributed by atoms with Gasteiger partial charge in [0, 0.05) is 18.2 Å². The van der Waals surface area contributed by atoms with Gasteiger partial charge in [-0.05, 0) is 37.6 Å². The number of sulfonamides is 2.